The maximum atomic E-state index is 13.8. The van der Waals surface area contributed by atoms with Gasteiger partial charge in [0, 0.05) is 23.5 Å². The number of thiophene rings is 1. The van der Waals surface area contributed by atoms with Crippen LogP contribution in [0.25, 0.3) is 0 Å². The third-order valence-electron chi connectivity index (χ3n) is 6.54. The highest BCUT2D eigenvalue weighted by atomic mass is 32.1. The molecule has 5 rings (SSSR count). The van der Waals surface area contributed by atoms with E-state index in [1.165, 1.54) is 4.88 Å². The smallest absolute Gasteiger partial charge is 0.254 e. The lowest BCUT2D eigenvalue weighted by molar-refractivity contribution is -0.134. The molecule has 1 aromatic heterocycles. The van der Waals surface area contributed by atoms with Crippen molar-refractivity contribution < 1.29 is 23.8 Å². The zero-order chi connectivity index (χ0) is 25.2. The molecule has 2 aliphatic rings. The van der Waals surface area contributed by atoms with Crippen LogP contribution in [-0.2, 0) is 11.2 Å². The van der Waals surface area contributed by atoms with Crippen LogP contribution in [0.1, 0.15) is 46.3 Å². The van der Waals surface area contributed by atoms with Gasteiger partial charge in [0.15, 0.2) is 11.5 Å². The number of ether oxygens (including phenoxy) is 3. The second kappa shape index (κ2) is 10.2. The van der Waals surface area contributed by atoms with Gasteiger partial charge in [-0.1, -0.05) is 26.0 Å². The number of rotatable bonds is 7. The van der Waals surface area contributed by atoms with Gasteiger partial charge in [-0.25, -0.2) is 0 Å². The van der Waals surface area contributed by atoms with E-state index in [-0.39, 0.29) is 37.1 Å². The molecule has 188 valence electrons. The minimum absolute atomic E-state index is 0.0115. The summed E-state index contributed by atoms with van der Waals surface area (Å²) in [5, 5.41) is 2.09. The number of hydrogen-bond acceptors (Lipinski definition) is 6. The maximum Gasteiger partial charge on any atom is 0.254 e. The van der Waals surface area contributed by atoms with E-state index >= 15 is 0 Å². The van der Waals surface area contributed by atoms with Crippen LogP contribution in [0.15, 0.2) is 53.9 Å². The third-order valence-corrected chi connectivity index (χ3v) is 7.53. The lowest BCUT2D eigenvalue weighted by Crippen LogP contribution is -2.47. The van der Waals surface area contributed by atoms with Gasteiger partial charge in [-0.15, -0.1) is 11.3 Å². The molecule has 2 aromatic carbocycles. The Bertz CT molecular complexity index is 1250. The van der Waals surface area contributed by atoms with Crippen LogP contribution in [0.5, 0.6) is 17.2 Å². The normalized spacial score (nSPS) is 16.1. The molecule has 7 nitrogen and oxygen atoms in total. The predicted octanol–water partition coefficient (Wildman–Crippen LogP) is 4.76. The first kappa shape index (κ1) is 24.2. The van der Waals surface area contributed by atoms with Crippen molar-refractivity contribution in [2.75, 3.05) is 33.5 Å². The number of carbonyl (C=O) groups is 2. The fourth-order valence-corrected chi connectivity index (χ4v) is 5.76. The van der Waals surface area contributed by atoms with Crippen LogP contribution < -0.4 is 14.2 Å². The molecule has 0 bridgehead atoms. The van der Waals surface area contributed by atoms with Gasteiger partial charge >= 0.3 is 0 Å². The van der Waals surface area contributed by atoms with E-state index < -0.39 is 0 Å². The van der Waals surface area contributed by atoms with Crippen molar-refractivity contribution in [3.05, 3.63) is 75.5 Å². The van der Waals surface area contributed by atoms with Crippen LogP contribution in [-0.4, -0.2) is 55.2 Å². The second-order valence-corrected chi connectivity index (χ2v) is 10.5. The second-order valence-electron chi connectivity index (χ2n) is 9.46. The highest BCUT2D eigenvalue weighted by Gasteiger charge is 2.34. The van der Waals surface area contributed by atoms with Crippen LogP contribution >= 0.6 is 11.3 Å². The Hall–Kier alpha value is -3.52. The van der Waals surface area contributed by atoms with E-state index in [4.69, 9.17) is 14.2 Å². The fourth-order valence-electron chi connectivity index (χ4n) is 4.86. The minimum atomic E-state index is -0.194. The zero-order valence-corrected chi connectivity index (χ0v) is 21.5. The summed E-state index contributed by atoms with van der Waals surface area (Å²) < 4.78 is 16.2. The van der Waals surface area contributed by atoms with Crippen LogP contribution in [0.3, 0.4) is 0 Å². The molecular formula is C28H30N2O5S. The van der Waals surface area contributed by atoms with Crippen molar-refractivity contribution in [1.29, 1.82) is 0 Å². The number of carbonyl (C=O) groups excluding carboxylic acids is 2. The summed E-state index contributed by atoms with van der Waals surface area (Å²) in [6.07, 6.45) is 0.811. The van der Waals surface area contributed by atoms with Crippen molar-refractivity contribution >= 4 is 23.2 Å². The summed E-state index contributed by atoms with van der Waals surface area (Å²) >= 11 is 1.73. The molecule has 0 aliphatic carbocycles. The topological polar surface area (TPSA) is 68.3 Å². The number of hydrogen-bond donors (Lipinski definition) is 0. The monoisotopic (exact) mass is 506 g/mol. The largest absolute Gasteiger partial charge is 0.497 e. The minimum Gasteiger partial charge on any atom is -0.497 e. The summed E-state index contributed by atoms with van der Waals surface area (Å²) in [5.41, 5.74) is 2.67. The fraction of sp³-hybridized carbons (Fsp3) is 0.357. The van der Waals surface area contributed by atoms with E-state index in [2.05, 4.69) is 11.4 Å². The van der Waals surface area contributed by atoms with Gasteiger partial charge in [-0.05, 0) is 65.2 Å². The van der Waals surface area contributed by atoms with Crippen LogP contribution in [0.2, 0.25) is 0 Å². The van der Waals surface area contributed by atoms with E-state index in [1.54, 1.807) is 41.5 Å². The molecule has 0 N–H and O–H groups in total. The first-order chi connectivity index (χ1) is 17.4. The molecule has 8 heteroatoms. The highest BCUT2D eigenvalue weighted by Crippen LogP contribution is 2.38. The Morgan fingerprint density at radius 1 is 1.11 bits per heavy atom. The first-order valence-electron chi connectivity index (χ1n) is 12.1. The number of amides is 2. The molecule has 0 unspecified atom stereocenters. The summed E-state index contributed by atoms with van der Waals surface area (Å²) in [6.45, 7) is 5.33. The van der Waals surface area contributed by atoms with Gasteiger partial charge in [0.1, 0.15) is 12.3 Å². The van der Waals surface area contributed by atoms with Gasteiger partial charge in [0.25, 0.3) is 5.91 Å². The van der Waals surface area contributed by atoms with Crippen molar-refractivity contribution in [2.45, 2.75) is 26.3 Å². The van der Waals surface area contributed by atoms with Gasteiger partial charge in [-0.3, -0.25) is 9.59 Å². The molecule has 0 fully saturated rings. The van der Waals surface area contributed by atoms with Gasteiger partial charge in [0.2, 0.25) is 12.7 Å². The molecular weight excluding hydrogens is 476 g/mol. The molecule has 2 aliphatic heterocycles. The third kappa shape index (κ3) is 4.78. The number of methoxy groups -OCH3 is 1. The molecule has 0 radical (unpaired) electrons. The maximum absolute atomic E-state index is 13.8. The Balaban J connectivity index is 1.41. The lowest BCUT2D eigenvalue weighted by atomic mass is 9.93. The van der Waals surface area contributed by atoms with Crippen LogP contribution in [0, 0.1) is 5.92 Å². The molecule has 2 amide bonds. The summed E-state index contributed by atoms with van der Waals surface area (Å²) in [6, 6.07) is 15.0. The SMILES string of the molecule is COc1ccc([C@@H]2c3ccsc3CCN2C(=O)CN(CC(C)C)C(=O)c2ccc3c(c2)OCO3)cc1. The average Bonchev–Trinajstić information content (AvgIpc) is 3.56. The molecule has 3 heterocycles. The van der Waals surface area contributed by atoms with Crippen molar-refractivity contribution in [1.82, 2.24) is 9.80 Å². The molecule has 3 aromatic rings. The molecule has 36 heavy (non-hydrogen) atoms. The number of benzene rings is 2. The Labute approximate surface area is 215 Å². The molecule has 0 saturated carbocycles. The lowest BCUT2D eigenvalue weighted by Gasteiger charge is -2.38. The van der Waals surface area contributed by atoms with Gasteiger partial charge < -0.3 is 24.0 Å². The van der Waals surface area contributed by atoms with Crippen molar-refractivity contribution in [3.8, 4) is 17.2 Å². The summed E-state index contributed by atoms with van der Waals surface area (Å²) in [4.78, 5) is 32.2. The van der Waals surface area contributed by atoms with E-state index in [0.717, 1.165) is 23.3 Å². The zero-order valence-electron chi connectivity index (χ0n) is 20.7. The first-order valence-corrected chi connectivity index (χ1v) is 13.0. The summed E-state index contributed by atoms with van der Waals surface area (Å²) in [7, 11) is 1.64. The van der Waals surface area contributed by atoms with Crippen LogP contribution in [0.4, 0.5) is 0 Å². The predicted molar refractivity (Wildman–Crippen MR) is 138 cm³/mol. The average molecular weight is 507 g/mol. The van der Waals surface area contributed by atoms with E-state index in [9.17, 15) is 9.59 Å². The van der Waals surface area contributed by atoms with Crippen molar-refractivity contribution in [3.63, 3.8) is 0 Å². The quantitative estimate of drug-likeness (QED) is 0.462. The Morgan fingerprint density at radius 2 is 1.89 bits per heavy atom. The number of nitrogens with zero attached hydrogens (tertiary/aromatic N) is 2. The Kier molecular flexibility index (Phi) is 6.87. The van der Waals surface area contributed by atoms with Gasteiger partial charge in [0.05, 0.1) is 13.2 Å². The Morgan fingerprint density at radius 3 is 2.64 bits per heavy atom. The van der Waals surface area contributed by atoms with E-state index in [1.807, 2.05) is 43.0 Å². The standard InChI is InChI=1S/C28H30N2O5S/c1-18(2)15-29(28(32)20-6-9-23-24(14-20)35-17-34-23)16-26(31)30-12-10-25-22(11-13-36-25)27(30)19-4-7-21(33-3)8-5-19/h4-9,11,13-14,18,27H,10,12,15-17H2,1-3H3/t27-/m1/s1. The highest BCUT2D eigenvalue weighted by molar-refractivity contribution is 7.10. The van der Waals surface area contributed by atoms with Crippen molar-refractivity contribution in [2.24, 2.45) is 5.92 Å². The molecule has 0 saturated heterocycles. The molecule has 0 spiro atoms. The molecule has 1 atom stereocenters. The number of fused-ring (bicyclic) bond motifs is 2. The van der Waals surface area contributed by atoms with E-state index in [0.29, 0.717) is 30.2 Å². The van der Waals surface area contributed by atoms with Gasteiger partial charge in [-0.2, -0.15) is 0 Å². The summed E-state index contributed by atoms with van der Waals surface area (Å²) in [5.74, 6) is 1.90.